The standard InChI is InChI=1S/C11H15N3O4/c1-7(12)11(15)13-6-8-3-4-10(18-2)9(5-8)14(16)17/h3-5,7H,6,12H2,1-2H3,(H,13,15)/t7-/m1/s1. The molecule has 18 heavy (non-hydrogen) atoms. The normalized spacial score (nSPS) is 11.7. The second-order valence-corrected chi connectivity index (χ2v) is 3.77. The van der Waals surface area contributed by atoms with Crippen LogP contribution in [0.3, 0.4) is 0 Å². The molecule has 0 aliphatic carbocycles. The summed E-state index contributed by atoms with van der Waals surface area (Å²) in [7, 11) is 1.36. The number of hydrogen-bond donors (Lipinski definition) is 2. The van der Waals surface area contributed by atoms with Crippen molar-refractivity contribution in [2.75, 3.05) is 7.11 Å². The number of nitrogens with one attached hydrogen (secondary N) is 1. The average Bonchev–Trinajstić information content (AvgIpc) is 2.35. The molecule has 7 heteroatoms. The van der Waals surface area contributed by atoms with Crippen molar-refractivity contribution in [1.29, 1.82) is 0 Å². The quantitative estimate of drug-likeness (QED) is 0.589. The molecular formula is C11H15N3O4. The summed E-state index contributed by atoms with van der Waals surface area (Å²) in [6.45, 7) is 1.75. The zero-order valence-electron chi connectivity index (χ0n) is 10.2. The third-order valence-electron chi connectivity index (χ3n) is 2.32. The molecule has 0 heterocycles. The number of carbonyl (C=O) groups excluding carboxylic acids is 1. The lowest BCUT2D eigenvalue weighted by Gasteiger charge is -2.08. The van der Waals surface area contributed by atoms with E-state index in [1.165, 1.54) is 19.2 Å². The molecule has 0 aliphatic rings. The van der Waals surface area contributed by atoms with Crippen molar-refractivity contribution in [2.45, 2.75) is 19.5 Å². The third-order valence-corrected chi connectivity index (χ3v) is 2.32. The molecule has 98 valence electrons. The van der Waals surface area contributed by atoms with Gasteiger partial charge >= 0.3 is 5.69 Å². The molecule has 0 unspecified atom stereocenters. The van der Waals surface area contributed by atoms with Crippen molar-refractivity contribution in [1.82, 2.24) is 5.32 Å². The molecule has 1 rings (SSSR count). The molecule has 0 bridgehead atoms. The molecule has 1 aromatic carbocycles. The molecule has 0 spiro atoms. The van der Waals surface area contributed by atoms with Crippen LogP contribution < -0.4 is 15.8 Å². The van der Waals surface area contributed by atoms with Crippen LogP contribution in [0, 0.1) is 10.1 Å². The van der Waals surface area contributed by atoms with E-state index in [2.05, 4.69) is 5.32 Å². The molecule has 0 fully saturated rings. The molecular weight excluding hydrogens is 238 g/mol. The van der Waals surface area contributed by atoms with Gasteiger partial charge in [-0.1, -0.05) is 6.07 Å². The van der Waals surface area contributed by atoms with Crippen molar-refractivity contribution < 1.29 is 14.5 Å². The Morgan fingerprint density at radius 3 is 2.78 bits per heavy atom. The van der Waals surface area contributed by atoms with Crippen molar-refractivity contribution in [3.8, 4) is 5.75 Å². The van der Waals surface area contributed by atoms with Gasteiger partial charge in [0.15, 0.2) is 5.75 Å². The van der Waals surface area contributed by atoms with Crippen LogP contribution in [-0.4, -0.2) is 24.0 Å². The minimum Gasteiger partial charge on any atom is -0.490 e. The first kappa shape index (κ1) is 13.9. The van der Waals surface area contributed by atoms with Gasteiger partial charge in [0.1, 0.15) is 0 Å². The van der Waals surface area contributed by atoms with Gasteiger partial charge in [-0.3, -0.25) is 14.9 Å². The smallest absolute Gasteiger partial charge is 0.311 e. The van der Waals surface area contributed by atoms with E-state index in [1.54, 1.807) is 13.0 Å². The van der Waals surface area contributed by atoms with Gasteiger partial charge in [0.2, 0.25) is 5.91 Å². The summed E-state index contributed by atoms with van der Waals surface area (Å²) in [5.74, 6) is -0.129. The Morgan fingerprint density at radius 2 is 2.28 bits per heavy atom. The lowest BCUT2D eigenvalue weighted by Crippen LogP contribution is -2.37. The highest BCUT2D eigenvalue weighted by Crippen LogP contribution is 2.27. The Bertz CT molecular complexity index is 460. The molecule has 0 saturated heterocycles. The lowest BCUT2D eigenvalue weighted by molar-refractivity contribution is -0.385. The summed E-state index contributed by atoms with van der Waals surface area (Å²) in [4.78, 5) is 21.5. The van der Waals surface area contributed by atoms with E-state index >= 15 is 0 Å². The summed E-state index contributed by atoms with van der Waals surface area (Å²) >= 11 is 0. The van der Waals surface area contributed by atoms with Crippen LogP contribution in [0.5, 0.6) is 5.75 Å². The van der Waals surface area contributed by atoms with E-state index in [0.29, 0.717) is 5.56 Å². The maximum Gasteiger partial charge on any atom is 0.311 e. The molecule has 7 nitrogen and oxygen atoms in total. The molecule has 0 saturated carbocycles. The summed E-state index contributed by atoms with van der Waals surface area (Å²) in [6, 6.07) is 3.89. The number of nitro benzene ring substituents is 1. The Balaban J connectivity index is 2.82. The topological polar surface area (TPSA) is 107 Å². The number of nitrogens with zero attached hydrogens (tertiary/aromatic N) is 1. The fourth-order valence-corrected chi connectivity index (χ4v) is 1.34. The van der Waals surface area contributed by atoms with Crippen LogP contribution in [-0.2, 0) is 11.3 Å². The Morgan fingerprint density at radius 1 is 1.61 bits per heavy atom. The van der Waals surface area contributed by atoms with Gasteiger partial charge in [0, 0.05) is 12.6 Å². The van der Waals surface area contributed by atoms with E-state index in [1.807, 2.05) is 0 Å². The van der Waals surface area contributed by atoms with Gasteiger partial charge in [-0.25, -0.2) is 0 Å². The van der Waals surface area contributed by atoms with E-state index in [-0.39, 0.29) is 23.9 Å². The molecule has 3 N–H and O–H groups in total. The average molecular weight is 253 g/mol. The maximum atomic E-state index is 11.3. The van der Waals surface area contributed by atoms with E-state index in [9.17, 15) is 14.9 Å². The van der Waals surface area contributed by atoms with Gasteiger partial charge in [0.25, 0.3) is 0 Å². The number of benzene rings is 1. The summed E-state index contributed by atoms with van der Waals surface area (Å²) in [5, 5.41) is 13.4. The highest BCUT2D eigenvalue weighted by molar-refractivity contribution is 5.80. The van der Waals surface area contributed by atoms with Gasteiger partial charge in [-0.15, -0.1) is 0 Å². The molecule has 1 amide bonds. The second kappa shape index (κ2) is 5.97. The van der Waals surface area contributed by atoms with Gasteiger partial charge in [0.05, 0.1) is 18.1 Å². The molecule has 0 radical (unpaired) electrons. The number of rotatable bonds is 5. The fraction of sp³-hybridized carbons (Fsp3) is 0.364. The minimum absolute atomic E-state index is 0.134. The van der Waals surface area contributed by atoms with Crippen molar-refractivity contribution >= 4 is 11.6 Å². The van der Waals surface area contributed by atoms with Gasteiger partial charge < -0.3 is 15.8 Å². The zero-order valence-corrected chi connectivity index (χ0v) is 10.2. The van der Waals surface area contributed by atoms with Crippen LogP contribution in [0.25, 0.3) is 0 Å². The fourth-order valence-electron chi connectivity index (χ4n) is 1.34. The number of hydrogen-bond acceptors (Lipinski definition) is 5. The second-order valence-electron chi connectivity index (χ2n) is 3.77. The number of amides is 1. The number of methoxy groups -OCH3 is 1. The van der Waals surface area contributed by atoms with Crippen LogP contribution >= 0.6 is 0 Å². The Labute approximate surface area is 104 Å². The SMILES string of the molecule is COc1ccc(CNC(=O)[C@@H](C)N)cc1[N+](=O)[O-]. The molecule has 0 aliphatic heterocycles. The van der Waals surface area contributed by atoms with Gasteiger partial charge in [-0.05, 0) is 18.6 Å². The van der Waals surface area contributed by atoms with Crippen molar-refractivity contribution in [3.63, 3.8) is 0 Å². The highest BCUT2D eigenvalue weighted by atomic mass is 16.6. The first-order chi connectivity index (χ1) is 8.45. The highest BCUT2D eigenvalue weighted by Gasteiger charge is 2.15. The van der Waals surface area contributed by atoms with Crippen molar-refractivity contribution in [2.24, 2.45) is 5.73 Å². The number of ether oxygens (including phenoxy) is 1. The van der Waals surface area contributed by atoms with Crippen LogP contribution in [0.1, 0.15) is 12.5 Å². The minimum atomic E-state index is -0.613. The number of carbonyl (C=O) groups is 1. The van der Waals surface area contributed by atoms with Gasteiger partial charge in [-0.2, -0.15) is 0 Å². The maximum absolute atomic E-state index is 11.3. The largest absolute Gasteiger partial charge is 0.490 e. The van der Waals surface area contributed by atoms with E-state index in [0.717, 1.165) is 0 Å². The predicted molar refractivity (Wildman–Crippen MR) is 65.1 cm³/mol. The summed E-state index contributed by atoms with van der Waals surface area (Å²) in [5.41, 5.74) is 5.86. The molecule has 0 aromatic heterocycles. The molecule has 1 aromatic rings. The Hall–Kier alpha value is -2.15. The Kier molecular flexibility index (Phi) is 4.61. The lowest BCUT2D eigenvalue weighted by atomic mass is 10.2. The number of nitro groups is 1. The van der Waals surface area contributed by atoms with Crippen LogP contribution in [0.15, 0.2) is 18.2 Å². The van der Waals surface area contributed by atoms with E-state index in [4.69, 9.17) is 10.5 Å². The number of nitrogens with two attached hydrogens (primary N) is 1. The predicted octanol–water partition coefficient (Wildman–Crippen LogP) is 0.567. The van der Waals surface area contributed by atoms with E-state index < -0.39 is 11.0 Å². The summed E-state index contributed by atoms with van der Waals surface area (Å²) in [6.07, 6.45) is 0. The monoisotopic (exact) mass is 253 g/mol. The third kappa shape index (κ3) is 3.42. The zero-order chi connectivity index (χ0) is 13.7. The van der Waals surface area contributed by atoms with Crippen LogP contribution in [0.4, 0.5) is 5.69 Å². The summed E-state index contributed by atoms with van der Waals surface area (Å²) < 4.78 is 4.88. The first-order valence-corrected chi connectivity index (χ1v) is 5.30. The first-order valence-electron chi connectivity index (χ1n) is 5.30. The molecule has 1 atom stereocenters. The van der Waals surface area contributed by atoms with Crippen LogP contribution in [0.2, 0.25) is 0 Å². The van der Waals surface area contributed by atoms with Crippen molar-refractivity contribution in [3.05, 3.63) is 33.9 Å².